The molecule has 6 heteroatoms. The van der Waals surface area contributed by atoms with Gasteiger partial charge in [-0.15, -0.1) is 0 Å². The molecule has 5 nitrogen and oxygen atoms in total. The SMILES string of the molecule is Cc1ccc(S(=O)(=O)NC(=O)C[C@@H]2CCCN2)cc1. The van der Waals surface area contributed by atoms with Crippen LogP contribution >= 0.6 is 0 Å². The van der Waals surface area contributed by atoms with Crippen molar-refractivity contribution in [3.05, 3.63) is 29.8 Å². The Kier molecular flexibility index (Phi) is 4.21. The Balaban J connectivity index is 2.00. The maximum atomic E-state index is 12.0. The van der Waals surface area contributed by atoms with Gasteiger partial charge in [0.2, 0.25) is 5.91 Å². The molecule has 2 N–H and O–H groups in total. The smallest absolute Gasteiger partial charge is 0.264 e. The van der Waals surface area contributed by atoms with Crippen molar-refractivity contribution < 1.29 is 13.2 Å². The van der Waals surface area contributed by atoms with Crippen LogP contribution in [0.4, 0.5) is 0 Å². The van der Waals surface area contributed by atoms with Crippen LogP contribution in [0.1, 0.15) is 24.8 Å². The molecule has 0 aliphatic carbocycles. The Hall–Kier alpha value is -1.40. The number of hydrogen-bond acceptors (Lipinski definition) is 4. The fourth-order valence-electron chi connectivity index (χ4n) is 2.12. The number of carbonyl (C=O) groups excluding carboxylic acids is 1. The lowest BCUT2D eigenvalue weighted by atomic mass is 10.1. The maximum Gasteiger partial charge on any atom is 0.264 e. The predicted molar refractivity (Wildman–Crippen MR) is 72.1 cm³/mol. The van der Waals surface area contributed by atoms with Crippen molar-refractivity contribution in [3.63, 3.8) is 0 Å². The molecule has 1 saturated heterocycles. The minimum atomic E-state index is -3.75. The van der Waals surface area contributed by atoms with E-state index in [1.54, 1.807) is 12.1 Å². The number of sulfonamides is 1. The number of benzene rings is 1. The van der Waals surface area contributed by atoms with Gasteiger partial charge in [-0.2, -0.15) is 0 Å². The molecule has 0 radical (unpaired) electrons. The van der Waals surface area contributed by atoms with Crippen molar-refractivity contribution >= 4 is 15.9 Å². The van der Waals surface area contributed by atoms with Crippen molar-refractivity contribution in [2.75, 3.05) is 6.54 Å². The summed E-state index contributed by atoms with van der Waals surface area (Å²) in [7, 11) is -3.75. The average Bonchev–Trinajstić information content (AvgIpc) is 2.81. The molecular formula is C13H18N2O3S. The largest absolute Gasteiger partial charge is 0.313 e. The minimum Gasteiger partial charge on any atom is -0.313 e. The number of hydrogen-bond donors (Lipinski definition) is 2. The van der Waals surface area contributed by atoms with Crippen molar-refractivity contribution in [2.24, 2.45) is 0 Å². The van der Waals surface area contributed by atoms with Gasteiger partial charge in [-0.3, -0.25) is 4.79 Å². The lowest BCUT2D eigenvalue weighted by Gasteiger charge is -2.11. The number of carbonyl (C=O) groups is 1. The highest BCUT2D eigenvalue weighted by molar-refractivity contribution is 7.90. The van der Waals surface area contributed by atoms with E-state index < -0.39 is 15.9 Å². The Bertz CT molecular complexity index is 546. The second kappa shape index (κ2) is 5.71. The summed E-state index contributed by atoms with van der Waals surface area (Å²) < 4.78 is 26.1. The third kappa shape index (κ3) is 3.78. The molecule has 1 aromatic rings. The third-order valence-corrected chi connectivity index (χ3v) is 4.56. The van der Waals surface area contributed by atoms with Gasteiger partial charge in [-0.25, -0.2) is 13.1 Å². The standard InChI is InChI=1S/C13H18N2O3S/c1-10-4-6-12(7-5-10)19(17,18)15-13(16)9-11-3-2-8-14-11/h4-7,11,14H,2-3,8-9H2,1H3,(H,15,16)/t11-/m0/s1. The van der Waals surface area contributed by atoms with Gasteiger partial charge >= 0.3 is 0 Å². The molecule has 0 aromatic heterocycles. The summed E-state index contributed by atoms with van der Waals surface area (Å²) in [5.41, 5.74) is 0.973. The molecule has 0 bridgehead atoms. The Labute approximate surface area is 113 Å². The lowest BCUT2D eigenvalue weighted by molar-refractivity contribution is -0.119. The van der Waals surface area contributed by atoms with Gasteiger partial charge in [-0.05, 0) is 38.4 Å². The maximum absolute atomic E-state index is 12.0. The first-order valence-corrected chi connectivity index (χ1v) is 7.81. The Morgan fingerprint density at radius 2 is 2.05 bits per heavy atom. The van der Waals surface area contributed by atoms with Crippen LogP contribution in [0.3, 0.4) is 0 Å². The second-order valence-corrected chi connectivity index (χ2v) is 6.52. The quantitative estimate of drug-likeness (QED) is 0.862. The number of aryl methyl sites for hydroxylation is 1. The molecule has 1 fully saturated rings. The summed E-state index contributed by atoms with van der Waals surface area (Å²) in [6.45, 7) is 2.77. The van der Waals surface area contributed by atoms with E-state index in [0.29, 0.717) is 0 Å². The van der Waals surface area contributed by atoms with Crippen LogP contribution in [-0.4, -0.2) is 26.9 Å². The summed E-state index contributed by atoms with van der Waals surface area (Å²) in [6, 6.07) is 6.50. The average molecular weight is 282 g/mol. The third-order valence-electron chi connectivity index (χ3n) is 3.17. The highest BCUT2D eigenvalue weighted by atomic mass is 32.2. The first-order chi connectivity index (χ1) is 8.97. The Morgan fingerprint density at radius 1 is 1.37 bits per heavy atom. The van der Waals surface area contributed by atoms with Crippen LogP contribution in [0.15, 0.2) is 29.2 Å². The van der Waals surface area contributed by atoms with Crippen LogP contribution in [0.2, 0.25) is 0 Å². The minimum absolute atomic E-state index is 0.0909. The van der Waals surface area contributed by atoms with Gasteiger partial charge in [0.15, 0.2) is 0 Å². The molecule has 1 aliphatic rings. The zero-order valence-electron chi connectivity index (χ0n) is 10.8. The van der Waals surface area contributed by atoms with Crippen LogP contribution in [0, 0.1) is 6.92 Å². The second-order valence-electron chi connectivity index (χ2n) is 4.84. The highest BCUT2D eigenvalue weighted by Crippen LogP contribution is 2.12. The van der Waals surface area contributed by atoms with E-state index >= 15 is 0 Å². The first-order valence-electron chi connectivity index (χ1n) is 6.33. The highest BCUT2D eigenvalue weighted by Gasteiger charge is 2.22. The molecule has 1 aromatic carbocycles. The van der Waals surface area contributed by atoms with E-state index in [1.165, 1.54) is 12.1 Å². The topological polar surface area (TPSA) is 75.3 Å². The zero-order chi connectivity index (χ0) is 13.9. The van der Waals surface area contributed by atoms with Gasteiger partial charge < -0.3 is 5.32 Å². The number of amides is 1. The molecule has 1 heterocycles. The fourth-order valence-corrected chi connectivity index (χ4v) is 3.12. The van der Waals surface area contributed by atoms with Crippen molar-refractivity contribution in [2.45, 2.75) is 37.1 Å². The van der Waals surface area contributed by atoms with Gasteiger partial charge in [0.05, 0.1) is 4.90 Å². The van der Waals surface area contributed by atoms with E-state index in [-0.39, 0.29) is 17.4 Å². The summed E-state index contributed by atoms with van der Waals surface area (Å²) in [5.74, 6) is -0.458. The van der Waals surface area contributed by atoms with Crippen LogP contribution in [-0.2, 0) is 14.8 Å². The zero-order valence-corrected chi connectivity index (χ0v) is 11.7. The van der Waals surface area contributed by atoms with Crippen LogP contribution in [0.5, 0.6) is 0 Å². The molecule has 1 amide bonds. The molecule has 0 unspecified atom stereocenters. The van der Waals surface area contributed by atoms with Gasteiger partial charge in [-0.1, -0.05) is 17.7 Å². The van der Waals surface area contributed by atoms with E-state index in [9.17, 15) is 13.2 Å². The monoisotopic (exact) mass is 282 g/mol. The molecule has 1 atom stereocenters. The summed E-state index contributed by atoms with van der Waals surface area (Å²) in [4.78, 5) is 11.8. The molecule has 1 aliphatic heterocycles. The normalized spacial score (nSPS) is 19.3. The molecule has 0 saturated carbocycles. The molecule has 104 valence electrons. The van der Waals surface area contributed by atoms with Gasteiger partial charge in [0, 0.05) is 12.5 Å². The number of rotatable bonds is 4. The van der Waals surface area contributed by atoms with Gasteiger partial charge in [0.1, 0.15) is 0 Å². The Morgan fingerprint density at radius 3 is 2.63 bits per heavy atom. The first kappa shape index (κ1) is 14.0. The molecule has 2 rings (SSSR count). The number of nitrogens with one attached hydrogen (secondary N) is 2. The van der Waals surface area contributed by atoms with Crippen LogP contribution in [0.25, 0.3) is 0 Å². The van der Waals surface area contributed by atoms with Crippen molar-refractivity contribution in [3.8, 4) is 0 Å². The summed E-state index contributed by atoms with van der Waals surface area (Å²) >= 11 is 0. The molecular weight excluding hydrogens is 264 g/mol. The summed E-state index contributed by atoms with van der Waals surface area (Å²) in [5, 5.41) is 3.16. The van der Waals surface area contributed by atoms with Crippen LogP contribution < -0.4 is 10.0 Å². The van der Waals surface area contributed by atoms with E-state index in [4.69, 9.17) is 0 Å². The molecule has 19 heavy (non-hydrogen) atoms. The summed E-state index contributed by atoms with van der Waals surface area (Å²) in [6.07, 6.45) is 2.14. The fraction of sp³-hybridized carbons (Fsp3) is 0.462. The van der Waals surface area contributed by atoms with E-state index in [0.717, 1.165) is 24.9 Å². The predicted octanol–water partition coefficient (Wildman–Crippen LogP) is 0.942. The van der Waals surface area contributed by atoms with E-state index in [2.05, 4.69) is 10.0 Å². The van der Waals surface area contributed by atoms with Crippen molar-refractivity contribution in [1.82, 2.24) is 10.0 Å². The lowest BCUT2D eigenvalue weighted by Crippen LogP contribution is -2.35. The molecule has 0 spiro atoms. The van der Waals surface area contributed by atoms with E-state index in [1.807, 2.05) is 6.92 Å². The van der Waals surface area contributed by atoms with Gasteiger partial charge in [0.25, 0.3) is 10.0 Å². The van der Waals surface area contributed by atoms with Crippen molar-refractivity contribution in [1.29, 1.82) is 0 Å².